The van der Waals surface area contributed by atoms with Crippen LogP contribution in [0.4, 0.5) is 0 Å². The molecule has 2 aromatic rings. The number of aliphatic hydroxyl groups is 1. The van der Waals surface area contributed by atoms with Gasteiger partial charge in [-0.1, -0.05) is 56.2 Å². The van der Waals surface area contributed by atoms with Crippen LogP contribution in [0.3, 0.4) is 0 Å². The fourth-order valence-corrected chi connectivity index (χ4v) is 4.04. The van der Waals surface area contributed by atoms with Crippen LogP contribution in [0.2, 0.25) is 0 Å². The SMILES string of the molecule is CCCC[C@H]1CN(C(=O)c2cccc3ccccc23)CCN1C[C@@H](N)C(C)O. The van der Waals surface area contributed by atoms with Gasteiger partial charge in [-0.05, 0) is 30.2 Å². The van der Waals surface area contributed by atoms with Gasteiger partial charge in [-0.3, -0.25) is 9.69 Å². The van der Waals surface area contributed by atoms with E-state index in [4.69, 9.17) is 5.73 Å². The lowest BCUT2D eigenvalue weighted by Gasteiger charge is -2.43. The minimum atomic E-state index is -0.526. The molecule has 0 aromatic heterocycles. The van der Waals surface area contributed by atoms with E-state index in [2.05, 4.69) is 11.8 Å². The van der Waals surface area contributed by atoms with Crippen molar-refractivity contribution in [2.75, 3.05) is 26.2 Å². The van der Waals surface area contributed by atoms with E-state index < -0.39 is 6.10 Å². The molecule has 0 saturated carbocycles. The predicted octanol–water partition coefficient (Wildman–Crippen LogP) is 2.86. The minimum absolute atomic E-state index is 0.109. The van der Waals surface area contributed by atoms with E-state index in [1.54, 1.807) is 6.92 Å². The molecule has 152 valence electrons. The van der Waals surface area contributed by atoms with E-state index in [-0.39, 0.29) is 18.0 Å². The fraction of sp³-hybridized carbons (Fsp3) is 0.522. The lowest BCUT2D eigenvalue weighted by molar-refractivity contribution is 0.0371. The average molecular weight is 384 g/mol. The summed E-state index contributed by atoms with van der Waals surface area (Å²) in [5.74, 6) is 0.109. The lowest BCUT2D eigenvalue weighted by atomic mass is 10.0. The Kier molecular flexibility index (Phi) is 7.05. The van der Waals surface area contributed by atoms with Gasteiger partial charge < -0.3 is 15.7 Å². The maximum absolute atomic E-state index is 13.3. The van der Waals surface area contributed by atoms with Crippen LogP contribution in [0.1, 0.15) is 43.5 Å². The number of piperazine rings is 1. The van der Waals surface area contributed by atoms with Crippen molar-refractivity contribution >= 4 is 16.7 Å². The number of benzene rings is 2. The summed E-state index contributed by atoms with van der Waals surface area (Å²) in [5, 5.41) is 11.9. The summed E-state index contributed by atoms with van der Waals surface area (Å²) in [6, 6.07) is 14.0. The summed E-state index contributed by atoms with van der Waals surface area (Å²) in [6.45, 7) is 6.80. The molecule has 2 aromatic carbocycles. The third kappa shape index (κ3) is 4.72. The number of aliphatic hydroxyl groups excluding tert-OH is 1. The smallest absolute Gasteiger partial charge is 0.254 e. The molecule has 28 heavy (non-hydrogen) atoms. The Balaban J connectivity index is 1.76. The molecule has 1 unspecified atom stereocenters. The zero-order chi connectivity index (χ0) is 20.1. The van der Waals surface area contributed by atoms with Crippen LogP contribution in [0.15, 0.2) is 42.5 Å². The molecule has 5 heteroatoms. The first-order valence-corrected chi connectivity index (χ1v) is 10.5. The Morgan fingerprint density at radius 2 is 1.96 bits per heavy atom. The van der Waals surface area contributed by atoms with Crippen molar-refractivity contribution in [3.8, 4) is 0 Å². The minimum Gasteiger partial charge on any atom is -0.392 e. The highest BCUT2D eigenvalue weighted by atomic mass is 16.3. The summed E-state index contributed by atoms with van der Waals surface area (Å²) in [7, 11) is 0. The first-order chi connectivity index (χ1) is 13.5. The highest BCUT2D eigenvalue weighted by Gasteiger charge is 2.31. The van der Waals surface area contributed by atoms with Crippen molar-refractivity contribution in [3.63, 3.8) is 0 Å². The number of amides is 1. The van der Waals surface area contributed by atoms with Crippen molar-refractivity contribution in [1.29, 1.82) is 0 Å². The maximum atomic E-state index is 13.3. The Morgan fingerprint density at radius 3 is 2.71 bits per heavy atom. The van der Waals surface area contributed by atoms with E-state index in [0.29, 0.717) is 19.6 Å². The van der Waals surface area contributed by atoms with E-state index in [1.165, 1.54) is 0 Å². The zero-order valence-electron chi connectivity index (χ0n) is 17.1. The third-order valence-electron chi connectivity index (χ3n) is 5.87. The summed E-state index contributed by atoms with van der Waals surface area (Å²) in [6.07, 6.45) is 2.77. The number of nitrogens with zero attached hydrogens (tertiary/aromatic N) is 2. The van der Waals surface area contributed by atoms with Gasteiger partial charge in [0, 0.05) is 43.8 Å². The summed E-state index contributed by atoms with van der Waals surface area (Å²) < 4.78 is 0. The number of fused-ring (bicyclic) bond motifs is 1. The van der Waals surface area contributed by atoms with Gasteiger partial charge in [-0.15, -0.1) is 0 Å². The van der Waals surface area contributed by atoms with Crippen LogP contribution < -0.4 is 5.73 Å². The molecule has 5 nitrogen and oxygen atoms in total. The normalized spacial score (nSPS) is 20.3. The summed E-state index contributed by atoms with van der Waals surface area (Å²) >= 11 is 0. The molecule has 3 N–H and O–H groups in total. The second-order valence-corrected chi connectivity index (χ2v) is 7.97. The first-order valence-electron chi connectivity index (χ1n) is 10.5. The molecule has 1 fully saturated rings. The molecule has 1 aliphatic heterocycles. The molecule has 0 bridgehead atoms. The van der Waals surface area contributed by atoms with E-state index >= 15 is 0 Å². The van der Waals surface area contributed by atoms with Gasteiger partial charge in [0.15, 0.2) is 0 Å². The number of hydrogen-bond donors (Lipinski definition) is 2. The highest BCUT2D eigenvalue weighted by molar-refractivity contribution is 6.07. The third-order valence-corrected chi connectivity index (χ3v) is 5.87. The van der Waals surface area contributed by atoms with Crippen molar-refractivity contribution in [2.24, 2.45) is 5.73 Å². The van der Waals surface area contributed by atoms with Crippen LogP contribution in [0.5, 0.6) is 0 Å². The number of carbonyl (C=O) groups excluding carboxylic acids is 1. The predicted molar refractivity (Wildman–Crippen MR) is 114 cm³/mol. The van der Waals surface area contributed by atoms with Gasteiger partial charge in [-0.2, -0.15) is 0 Å². The van der Waals surface area contributed by atoms with Gasteiger partial charge in [-0.25, -0.2) is 0 Å². The Hall–Kier alpha value is -1.95. The fourth-order valence-electron chi connectivity index (χ4n) is 4.04. The van der Waals surface area contributed by atoms with Crippen LogP contribution in [-0.2, 0) is 0 Å². The number of rotatable bonds is 7. The molecule has 0 radical (unpaired) electrons. The Labute approximate surface area is 168 Å². The monoisotopic (exact) mass is 383 g/mol. The number of hydrogen-bond acceptors (Lipinski definition) is 4. The quantitative estimate of drug-likeness (QED) is 0.771. The Bertz CT molecular complexity index is 787. The molecular weight excluding hydrogens is 350 g/mol. The molecule has 1 heterocycles. The van der Waals surface area contributed by atoms with E-state index in [9.17, 15) is 9.90 Å². The molecule has 1 saturated heterocycles. The van der Waals surface area contributed by atoms with E-state index in [0.717, 1.165) is 42.1 Å². The van der Waals surface area contributed by atoms with Gasteiger partial charge in [0.05, 0.1) is 6.10 Å². The van der Waals surface area contributed by atoms with E-state index in [1.807, 2.05) is 47.4 Å². The largest absolute Gasteiger partial charge is 0.392 e. The topological polar surface area (TPSA) is 69.8 Å². The second-order valence-electron chi connectivity index (χ2n) is 7.97. The molecule has 3 atom stereocenters. The highest BCUT2D eigenvalue weighted by Crippen LogP contribution is 2.23. The summed E-state index contributed by atoms with van der Waals surface area (Å²) in [4.78, 5) is 17.7. The van der Waals surface area contributed by atoms with Crippen molar-refractivity contribution in [3.05, 3.63) is 48.0 Å². The van der Waals surface area contributed by atoms with Crippen molar-refractivity contribution in [1.82, 2.24) is 9.80 Å². The Morgan fingerprint density at radius 1 is 1.21 bits per heavy atom. The molecule has 1 amide bonds. The standard InChI is InChI=1S/C23H33N3O2/c1-3-4-10-19-15-26(14-13-25(19)16-22(24)17(2)27)23(28)21-12-7-9-18-8-5-6-11-20(18)21/h5-9,11-12,17,19,22,27H,3-4,10,13-16,24H2,1-2H3/t17?,19-,22+/m0/s1. The second kappa shape index (κ2) is 9.50. The number of nitrogens with two attached hydrogens (primary N) is 1. The maximum Gasteiger partial charge on any atom is 0.254 e. The van der Waals surface area contributed by atoms with Crippen LogP contribution in [-0.4, -0.2) is 65.2 Å². The summed E-state index contributed by atoms with van der Waals surface area (Å²) in [5.41, 5.74) is 6.89. The van der Waals surface area contributed by atoms with Gasteiger partial charge >= 0.3 is 0 Å². The lowest BCUT2D eigenvalue weighted by Crippen LogP contribution is -2.58. The average Bonchev–Trinajstić information content (AvgIpc) is 2.71. The van der Waals surface area contributed by atoms with Crippen LogP contribution in [0.25, 0.3) is 10.8 Å². The number of carbonyl (C=O) groups is 1. The number of unbranched alkanes of at least 4 members (excludes halogenated alkanes) is 1. The van der Waals surface area contributed by atoms with Gasteiger partial charge in [0.1, 0.15) is 0 Å². The van der Waals surface area contributed by atoms with Crippen molar-refractivity contribution < 1.29 is 9.90 Å². The molecular formula is C23H33N3O2. The zero-order valence-corrected chi connectivity index (χ0v) is 17.1. The van der Waals surface area contributed by atoms with Gasteiger partial charge in [0.2, 0.25) is 0 Å². The van der Waals surface area contributed by atoms with Crippen LogP contribution in [0, 0.1) is 0 Å². The molecule has 0 spiro atoms. The molecule has 0 aliphatic carbocycles. The first kappa shape index (κ1) is 20.8. The molecule has 1 aliphatic rings. The van der Waals surface area contributed by atoms with Gasteiger partial charge in [0.25, 0.3) is 5.91 Å². The molecule has 3 rings (SSSR count). The van der Waals surface area contributed by atoms with Crippen molar-refractivity contribution in [2.45, 2.75) is 51.3 Å². The van der Waals surface area contributed by atoms with Crippen LogP contribution >= 0.6 is 0 Å².